The molecule has 0 saturated carbocycles. The van der Waals surface area contributed by atoms with E-state index in [0.717, 1.165) is 17.0 Å². The number of thioether (sulfide) groups is 1. The molecule has 1 amide bonds. The number of nitrogens with zero attached hydrogens (tertiary/aromatic N) is 3. The summed E-state index contributed by atoms with van der Waals surface area (Å²) in [6.07, 6.45) is 0. The van der Waals surface area contributed by atoms with Crippen LogP contribution < -0.4 is 14.8 Å². The summed E-state index contributed by atoms with van der Waals surface area (Å²) in [5, 5.41) is 12.5. The van der Waals surface area contributed by atoms with E-state index in [2.05, 4.69) is 15.5 Å². The number of para-hydroxylation sites is 2. The molecule has 0 unspecified atom stereocenters. The van der Waals surface area contributed by atoms with Crippen LogP contribution in [0.25, 0.3) is 5.69 Å². The fraction of sp³-hybridized carbons (Fsp3) is 0.160. The summed E-state index contributed by atoms with van der Waals surface area (Å²) in [6, 6.07) is 22.5. The zero-order chi connectivity index (χ0) is 23.9. The number of anilines is 1. The second-order valence-electron chi connectivity index (χ2n) is 7.31. The minimum absolute atomic E-state index is 0.131. The molecule has 0 atom stereocenters. The summed E-state index contributed by atoms with van der Waals surface area (Å²) in [4.78, 5) is 12.5. The number of hydrogen-bond donors (Lipinski definition) is 1. The highest BCUT2D eigenvalue weighted by molar-refractivity contribution is 7.99. The minimum atomic E-state index is -0.198. The lowest BCUT2D eigenvalue weighted by molar-refractivity contribution is -0.113. The van der Waals surface area contributed by atoms with Crippen molar-refractivity contribution in [1.29, 1.82) is 0 Å². The highest BCUT2D eigenvalue weighted by Gasteiger charge is 2.18. The van der Waals surface area contributed by atoms with Gasteiger partial charge < -0.3 is 14.8 Å². The minimum Gasteiger partial charge on any atom is -0.497 e. The summed E-state index contributed by atoms with van der Waals surface area (Å²) in [5.41, 5.74) is 2.40. The number of benzene rings is 3. The van der Waals surface area contributed by atoms with Crippen molar-refractivity contribution in [3.63, 3.8) is 0 Å². The molecule has 4 aromatic rings. The number of aryl methyl sites for hydroxylation is 1. The molecular weight excluding hydrogens is 472 g/mol. The van der Waals surface area contributed by atoms with Crippen LogP contribution >= 0.6 is 23.4 Å². The molecule has 1 aromatic heterocycles. The summed E-state index contributed by atoms with van der Waals surface area (Å²) in [7, 11) is 1.61. The lowest BCUT2D eigenvalue weighted by atomic mass is 10.2. The third-order valence-electron chi connectivity index (χ3n) is 4.94. The molecule has 4 rings (SSSR count). The van der Waals surface area contributed by atoms with E-state index in [1.165, 1.54) is 11.8 Å². The molecule has 0 spiro atoms. The van der Waals surface area contributed by atoms with Gasteiger partial charge in [0.05, 0.1) is 29.3 Å². The van der Waals surface area contributed by atoms with Crippen LogP contribution in [0.5, 0.6) is 11.5 Å². The van der Waals surface area contributed by atoms with Gasteiger partial charge in [-0.1, -0.05) is 59.8 Å². The summed E-state index contributed by atoms with van der Waals surface area (Å²) in [5.74, 6) is 2.01. The lowest BCUT2D eigenvalue weighted by Crippen LogP contribution is -2.15. The number of nitrogens with one attached hydrogen (secondary N) is 1. The molecule has 7 nitrogen and oxygen atoms in total. The predicted molar refractivity (Wildman–Crippen MR) is 134 cm³/mol. The number of hydrogen-bond acceptors (Lipinski definition) is 6. The van der Waals surface area contributed by atoms with Gasteiger partial charge in [0.15, 0.2) is 11.0 Å². The maximum atomic E-state index is 12.5. The van der Waals surface area contributed by atoms with Gasteiger partial charge in [0.2, 0.25) is 5.91 Å². The highest BCUT2D eigenvalue weighted by Crippen LogP contribution is 2.27. The zero-order valence-corrected chi connectivity index (χ0v) is 20.3. The molecule has 174 valence electrons. The van der Waals surface area contributed by atoms with E-state index >= 15 is 0 Å². The molecule has 0 bridgehead atoms. The highest BCUT2D eigenvalue weighted by atomic mass is 35.5. The van der Waals surface area contributed by atoms with Crippen molar-refractivity contribution in [3.8, 4) is 17.2 Å². The Kier molecular flexibility index (Phi) is 7.72. The SMILES string of the molecule is COc1cccc(-n2c(COc3ccccc3C)nnc2SCC(=O)Nc2ccccc2Cl)c1. The summed E-state index contributed by atoms with van der Waals surface area (Å²) >= 11 is 7.42. The first kappa shape index (κ1) is 23.7. The predicted octanol–water partition coefficient (Wildman–Crippen LogP) is 5.55. The normalized spacial score (nSPS) is 10.7. The first-order valence-electron chi connectivity index (χ1n) is 10.5. The number of carbonyl (C=O) groups excluding carboxylic acids is 1. The Morgan fingerprint density at radius 3 is 2.65 bits per heavy atom. The number of halogens is 1. The first-order valence-corrected chi connectivity index (χ1v) is 11.9. The Bertz CT molecular complexity index is 1290. The van der Waals surface area contributed by atoms with Crippen molar-refractivity contribution < 1.29 is 14.3 Å². The maximum absolute atomic E-state index is 12.5. The Morgan fingerprint density at radius 1 is 1.06 bits per heavy atom. The quantitative estimate of drug-likeness (QED) is 0.307. The first-order chi connectivity index (χ1) is 16.5. The fourth-order valence-corrected chi connectivity index (χ4v) is 4.19. The summed E-state index contributed by atoms with van der Waals surface area (Å²) < 4.78 is 13.3. The van der Waals surface area contributed by atoms with E-state index in [9.17, 15) is 4.79 Å². The van der Waals surface area contributed by atoms with Crippen molar-refractivity contribution in [2.75, 3.05) is 18.2 Å². The average molecular weight is 495 g/mol. The zero-order valence-electron chi connectivity index (χ0n) is 18.7. The van der Waals surface area contributed by atoms with Crippen LogP contribution in [0.2, 0.25) is 5.02 Å². The second kappa shape index (κ2) is 11.1. The third kappa shape index (κ3) is 5.70. The molecule has 34 heavy (non-hydrogen) atoms. The number of methoxy groups -OCH3 is 1. The van der Waals surface area contributed by atoms with Gasteiger partial charge in [0.1, 0.15) is 18.1 Å². The Balaban J connectivity index is 1.55. The van der Waals surface area contributed by atoms with Crippen molar-refractivity contribution >= 4 is 35.0 Å². The van der Waals surface area contributed by atoms with E-state index in [0.29, 0.717) is 27.4 Å². The Morgan fingerprint density at radius 2 is 1.85 bits per heavy atom. The molecular formula is C25H23ClN4O3S. The van der Waals surface area contributed by atoms with Crippen molar-refractivity contribution in [1.82, 2.24) is 14.8 Å². The molecule has 0 aliphatic heterocycles. The largest absolute Gasteiger partial charge is 0.497 e. The Labute approximate surface area is 207 Å². The van der Waals surface area contributed by atoms with Gasteiger partial charge in [-0.25, -0.2) is 0 Å². The topological polar surface area (TPSA) is 78.3 Å². The third-order valence-corrected chi connectivity index (χ3v) is 6.20. The average Bonchev–Trinajstić information content (AvgIpc) is 3.26. The van der Waals surface area contributed by atoms with Crippen molar-refractivity contribution in [2.24, 2.45) is 0 Å². The number of amides is 1. The van der Waals surface area contributed by atoms with E-state index in [-0.39, 0.29) is 18.3 Å². The molecule has 1 N–H and O–H groups in total. The van der Waals surface area contributed by atoms with Crippen molar-refractivity contribution in [2.45, 2.75) is 18.7 Å². The molecule has 1 heterocycles. The van der Waals surface area contributed by atoms with Gasteiger partial charge in [-0.3, -0.25) is 9.36 Å². The van der Waals surface area contributed by atoms with Crippen LogP contribution in [0, 0.1) is 6.92 Å². The fourth-order valence-electron chi connectivity index (χ4n) is 3.24. The molecule has 3 aromatic carbocycles. The maximum Gasteiger partial charge on any atom is 0.234 e. The molecule has 0 radical (unpaired) electrons. The van der Waals surface area contributed by atoms with Crippen LogP contribution in [0.4, 0.5) is 5.69 Å². The molecule has 0 aliphatic rings. The van der Waals surface area contributed by atoms with Crippen LogP contribution in [0.15, 0.2) is 78.0 Å². The number of ether oxygens (including phenoxy) is 2. The summed E-state index contributed by atoms with van der Waals surface area (Å²) in [6.45, 7) is 2.20. The number of carbonyl (C=O) groups is 1. The van der Waals surface area contributed by atoms with Crippen LogP contribution in [-0.2, 0) is 11.4 Å². The van der Waals surface area contributed by atoms with Crippen LogP contribution in [0.3, 0.4) is 0 Å². The monoisotopic (exact) mass is 494 g/mol. The number of aromatic nitrogens is 3. The van der Waals surface area contributed by atoms with Gasteiger partial charge in [-0.05, 0) is 42.8 Å². The molecule has 0 saturated heterocycles. The Hall–Kier alpha value is -3.49. The van der Waals surface area contributed by atoms with Gasteiger partial charge in [0.25, 0.3) is 0 Å². The standard InChI is InChI=1S/C25H23ClN4O3S/c1-17-8-3-6-13-22(17)33-15-23-28-29-25(30(23)18-9-7-10-19(14-18)32-2)34-16-24(31)27-21-12-5-4-11-20(21)26/h3-14H,15-16H2,1-2H3,(H,27,31). The smallest absolute Gasteiger partial charge is 0.234 e. The van der Waals surface area contributed by atoms with Gasteiger partial charge in [0, 0.05) is 6.07 Å². The molecule has 9 heteroatoms. The lowest BCUT2D eigenvalue weighted by Gasteiger charge is -2.13. The van der Waals surface area contributed by atoms with E-state index in [4.69, 9.17) is 21.1 Å². The number of rotatable bonds is 9. The molecule has 0 fully saturated rings. The van der Waals surface area contributed by atoms with Gasteiger partial charge >= 0.3 is 0 Å². The van der Waals surface area contributed by atoms with E-state index in [1.807, 2.05) is 72.2 Å². The van der Waals surface area contributed by atoms with E-state index in [1.54, 1.807) is 19.2 Å². The molecule has 0 aliphatic carbocycles. The van der Waals surface area contributed by atoms with Gasteiger partial charge in [-0.2, -0.15) is 0 Å². The van der Waals surface area contributed by atoms with Crippen LogP contribution in [-0.4, -0.2) is 33.5 Å². The van der Waals surface area contributed by atoms with E-state index < -0.39 is 0 Å². The van der Waals surface area contributed by atoms with Gasteiger partial charge in [-0.15, -0.1) is 10.2 Å². The van der Waals surface area contributed by atoms with Crippen LogP contribution in [0.1, 0.15) is 11.4 Å². The van der Waals surface area contributed by atoms with Crippen molar-refractivity contribution in [3.05, 3.63) is 89.2 Å². The second-order valence-corrected chi connectivity index (χ2v) is 8.66.